The van der Waals surface area contributed by atoms with Crippen molar-refractivity contribution in [1.82, 2.24) is 0 Å². The molecular formula is C8H10O2. The summed E-state index contributed by atoms with van der Waals surface area (Å²) < 4.78 is 10.3. The SMILES string of the molecule is [C]1OC=CC1C1CCCO1. The predicted octanol–water partition coefficient (Wildman–Crippen LogP) is 1.36. The number of hydrogen-bond donors (Lipinski definition) is 0. The van der Waals surface area contributed by atoms with Gasteiger partial charge in [-0.25, -0.2) is 0 Å². The minimum atomic E-state index is 0.280. The van der Waals surface area contributed by atoms with E-state index in [0.29, 0.717) is 6.10 Å². The van der Waals surface area contributed by atoms with Crippen molar-refractivity contribution in [1.29, 1.82) is 0 Å². The largest absolute Gasteiger partial charge is 0.486 e. The third kappa shape index (κ3) is 1.03. The first-order valence-corrected chi connectivity index (χ1v) is 3.66. The number of rotatable bonds is 1. The van der Waals surface area contributed by atoms with E-state index in [2.05, 4.69) is 6.61 Å². The van der Waals surface area contributed by atoms with Crippen molar-refractivity contribution in [3.05, 3.63) is 18.9 Å². The zero-order chi connectivity index (χ0) is 6.81. The van der Waals surface area contributed by atoms with E-state index in [1.165, 1.54) is 6.42 Å². The molecule has 0 aromatic heterocycles. The maximum Gasteiger partial charge on any atom is 0.205 e. The molecule has 0 bridgehead atoms. The topological polar surface area (TPSA) is 18.5 Å². The van der Waals surface area contributed by atoms with Gasteiger partial charge in [-0.3, -0.25) is 0 Å². The van der Waals surface area contributed by atoms with E-state index in [4.69, 9.17) is 9.47 Å². The fourth-order valence-electron chi connectivity index (χ4n) is 1.37. The van der Waals surface area contributed by atoms with E-state index in [-0.39, 0.29) is 5.92 Å². The summed E-state index contributed by atoms with van der Waals surface area (Å²) in [6.07, 6.45) is 6.32. The van der Waals surface area contributed by atoms with Gasteiger partial charge < -0.3 is 9.47 Å². The molecule has 54 valence electrons. The van der Waals surface area contributed by atoms with Crippen LogP contribution in [-0.2, 0) is 9.47 Å². The van der Waals surface area contributed by atoms with Crippen LogP contribution in [0.25, 0.3) is 0 Å². The van der Waals surface area contributed by atoms with Gasteiger partial charge in [-0.05, 0) is 18.9 Å². The van der Waals surface area contributed by atoms with Gasteiger partial charge in [0.15, 0.2) is 0 Å². The summed E-state index contributed by atoms with van der Waals surface area (Å²) in [5, 5.41) is 0. The van der Waals surface area contributed by atoms with Crippen molar-refractivity contribution in [3.63, 3.8) is 0 Å². The minimum Gasteiger partial charge on any atom is -0.486 e. The normalized spacial score (nSPS) is 38.4. The summed E-state index contributed by atoms with van der Waals surface area (Å²) in [7, 11) is 0. The second-order valence-corrected chi connectivity index (χ2v) is 2.64. The van der Waals surface area contributed by atoms with Gasteiger partial charge in [0, 0.05) is 6.61 Å². The molecule has 2 aliphatic rings. The first-order chi connectivity index (χ1) is 4.97. The number of hydrogen-bond acceptors (Lipinski definition) is 2. The lowest BCUT2D eigenvalue weighted by molar-refractivity contribution is 0.0792. The molecule has 2 heteroatoms. The molecule has 10 heavy (non-hydrogen) atoms. The molecule has 0 saturated carbocycles. The van der Waals surface area contributed by atoms with Crippen LogP contribution in [-0.4, -0.2) is 12.7 Å². The lowest BCUT2D eigenvalue weighted by Crippen LogP contribution is -2.15. The van der Waals surface area contributed by atoms with Crippen LogP contribution < -0.4 is 0 Å². The molecule has 2 rings (SSSR count). The van der Waals surface area contributed by atoms with Crippen LogP contribution in [0.2, 0.25) is 0 Å². The van der Waals surface area contributed by atoms with Gasteiger partial charge in [0.25, 0.3) is 0 Å². The molecule has 2 radical (unpaired) electrons. The van der Waals surface area contributed by atoms with Crippen molar-refractivity contribution < 1.29 is 9.47 Å². The van der Waals surface area contributed by atoms with Gasteiger partial charge in [0.1, 0.15) is 0 Å². The van der Waals surface area contributed by atoms with Crippen LogP contribution in [0.3, 0.4) is 0 Å². The fourth-order valence-corrected chi connectivity index (χ4v) is 1.37. The van der Waals surface area contributed by atoms with E-state index in [0.717, 1.165) is 13.0 Å². The Bertz CT molecular complexity index is 136. The van der Waals surface area contributed by atoms with Crippen molar-refractivity contribution in [3.8, 4) is 0 Å². The highest BCUT2D eigenvalue weighted by Gasteiger charge is 2.27. The lowest BCUT2D eigenvalue weighted by atomic mass is 10.0. The summed E-state index contributed by atoms with van der Waals surface area (Å²) >= 11 is 0. The average Bonchev–Trinajstić information content (AvgIpc) is 2.59. The van der Waals surface area contributed by atoms with Gasteiger partial charge >= 0.3 is 0 Å². The van der Waals surface area contributed by atoms with E-state index in [9.17, 15) is 0 Å². The standard InChI is InChI=1S/C8H10O2/c1-2-8(10-4-1)7-3-5-9-6-7/h3,5,7-8H,1-2,4H2. The van der Waals surface area contributed by atoms with Crippen LogP contribution in [0.15, 0.2) is 12.3 Å². The second kappa shape index (κ2) is 2.62. The highest BCUT2D eigenvalue weighted by atomic mass is 16.5. The molecule has 0 N–H and O–H groups in total. The summed E-state index contributed by atoms with van der Waals surface area (Å²) in [4.78, 5) is 0. The van der Waals surface area contributed by atoms with E-state index in [1.54, 1.807) is 6.26 Å². The van der Waals surface area contributed by atoms with Gasteiger partial charge in [-0.2, -0.15) is 0 Å². The molecule has 1 fully saturated rings. The Morgan fingerprint density at radius 3 is 3.10 bits per heavy atom. The van der Waals surface area contributed by atoms with E-state index < -0.39 is 0 Å². The highest BCUT2D eigenvalue weighted by molar-refractivity contribution is 5.00. The molecule has 0 aromatic carbocycles. The summed E-state index contributed by atoms with van der Waals surface area (Å²) in [6, 6.07) is 0. The van der Waals surface area contributed by atoms with E-state index >= 15 is 0 Å². The van der Waals surface area contributed by atoms with Gasteiger partial charge in [-0.15, -0.1) is 0 Å². The smallest absolute Gasteiger partial charge is 0.205 e. The lowest BCUT2D eigenvalue weighted by Gasteiger charge is -2.11. The zero-order valence-corrected chi connectivity index (χ0v) is 5.75. The van der Waals surface area contributed by atoms with Gasteiger partial charge in [0.2, 0.25) is 6.61 Å². The summed E-state index contributed by atoms with van der Waals surface area (Å²) in [6.45, 7) is 3.76. The molecule has 2 aliphatic heterocycles. The fraction of sp³-hybridized carbons (Fsp3) is 0.625. The molecule has 0 aromatic rings. The summed E-state index contributed by atoms with van der Waals surface area (Å²) in [5.74, 6) is 0.280. The molecule has 1 saturated heterocycles. The van der Waals surface area contributed by atoms with Crippen LogP contribution >= 0.6 is 0 Å². The quantitative estimate of drug-likeness (QED) is 0.544. The van der Waals surface area contributed by atoms with Gasteiger partial charge in [-0.1, -0.05) is 0 Å². The minimum absolute atomic E-state index is 0.280. The first-order valence-electron chi connectivity index (χ1n) is 3.66. The molecule has 0 spiro atoms. The van der Waals surface area contributed by atoms with Crippen LogP contribution in [0.5, 0.6) is 0 Å². The second-order valence-electron chi connectivity index (χ2n) is 2.64. The van der Waals surface area contributed by atoms with Crippen molar-refractivity contribution >= 4 is 0 Å². The maximum atomic E-state index is 5.44. The first kappa shape index (κ1) is 6.23. The molecule has 0 amide bonds. The zero-order valence-electron chi connectivity index (χ0n) is 5.75. The Morgan fingerprint density at radius 2 is 2.50 bits per heavy atom. The van der Waals surface area contributed by atoms with Gasteiger partial charge in [0.05, 0.1) is 18.3 Å². The van der Waals surface area contributed by atoms with Crippen LogP contribution in [0, 0.1) is 12.5 Å². The Morgan fingerprint density at radius 1 is 1.50 bits per heavy atom. The van der Waals surface area contributed by atoms with Crippen molar-refractivity contribution in [2.24, 2.45) is 5.92 Å². The van der Waals surface area contributed by atoms with Crippen molar-refractivity contribution in [2.75, 3.05) is 6.61 Å². The average molecular weight is 138 g/mol. The molecule has 2 heterocycles. The molecule has 0 aliphatic carbocycles. The van der Waals surface area contributed by atoms with Crippen LogP contribution in [0.4, 0.5) is 0 Å². The molecule has 2 unspecified atom stereocenters. The maximum absolute atomic E-state index is 5.44. The Balaban J connectivity index is 1.91. The van der Waals surface area contributed by atoms with E-state index in [1.807, 2.05) is 6.08 Å². The predicted molar refractivity (Wildman–Crippen MR) is 35.9 cm³/mol. The third-order valence-corrected chi connectivity index (χ3v) is 1.92. The molecule has 2 atom stereocenters. The highest BCUT2D eigenvalue weighted by Crippen LogP contribution is 2.26. The van der Waals surface area contributed by atoms with Crippen LogP contribution in [0.1, 0.15) is 12.8 Å². The third-order valence-electron chi connectivity index (χ3n) is 1.92. The molecule has 2 nitrogen and oxygen atoms in total. The number of ether oxygens (including phenoxy) is 2. The van der Waals surface area contributed by atoms with Crippen molar-refractivity contribution in [2.45, 2.75) is 18.9 Å². The Kier molecular flexibility index (Phi) is 1.63. The monoisotopic (exact) mass is 138 g/mol. The Labute approximate surface area is 60.8 Å². The molecular weight excluding hydrogens is 128 g/mol. The summed E-state index contributed by atoms with van der Waals surface area (Å²) in [5.41, 5.74) is 0. The Hall–Kier alpha value is -0.500.